The predicted molar refractivity (Wildman–Crippen MR) is 113 cm³/mol. The molecule has 31 heavy (non-hydrogen) atoms. The molecule has 4 rings (SSSR count). The Morgan fingerprint density at radius 1 is 1.19 bits per heavy atom. The number of aryl methyl sites for hydroxylation is 1. The molecule has 1 amide bonds. The Bertz CT molecular complexity index is 1060. The average Bonchev–Trinajstić information content (AvgIpc) is 3.18. The largest absolute Gasteiger partial charge is 0.347 e. The lowest BCUT2D eigenvalue weighted by molar-refractivity contribution is -0.131. The van der Waals surface area contributed by atoms with Crippen molar-refractivity contribution in [2.45, 2.75) is 32.1 Å². The van der Waals surface area contributed by atoms with Crippen molar-refractivity contribution in [3.05, 3.63) is 53.4 Å². The lowest BCUT2D eigenvalue weighted by atomic mass is 9.88. The Balaban J connectivity index is 1.53. The molecule has 1 aliphatic heterocycles. The number of anilines is 1. The molecule has 2 aromatic heterocycles. The number of carbonyl (C=O) groups excluding carboxylic acids is 1. The molecule has 1 fully saturated rings. The van der Waals surface area contributed by atoms with E-state index >= 15 is 0 Å². The molecular formula is C22H25FN6O2. The number of halogens is 1. The smallest absolute Gasteiger partial charge is 0.228 e. The Labute approximate surface area is 180 Å². The zero-order chi connectivity index (χ0) is 22.0. The fourth-order valence-corrected chi connectivity index (χ4v) is 3.83. The minimum atomic E-state index is -0.277. The van der Waals surface area contributed by atoms with Gasteiger partial charge in [0.15, 0.2) is 0 Å². The van der Waals surface area contributed by atoms with Crippen molar-refractivity contribution in [1.29, 1.82) is 0 Å². The molecule has 1 aliphatic rings. The molecule has 3 aromatic rings. The summed E-state index contributed by atoms with van der Waals surface area (Å²) < 4.78 is 18.1. The van der Waals surface area contributed by atoms with E-state index in [0.717, 1.165) is 29.7 Å². The van der Waals surface area contributed by atoms with Crippen molar-refractivity contribution < 1.29 is 13.8 Å². The highest BCUT2D eigenvalue weighted by atomic mass is 19.1. The number of aromatic nitrogens is 4. The van der Waals surface area contributed by atoms with E-state index in [2.05, 4.69) is 19.9 Å². The van der Waals surface area contributed by atoms with Crippen LogP contribution in [-0.2, 0) is 11.2 Å². The van der Waals surface area contributed by atoms with Gasteiger partial charge in [-0.3, -0.25) is 4.79 Å². The van der Waals surface area contributed by atoms with Crippen LogP contribution in [0.25, 0.3) is 11.1 Å². The summed E-state index contributed by atoms with van der Waals surface area (Å²) in [4.78, 5) is 25.7. The second-order valence-corrected chi connectivity index (χ2v) is 8.00. The SMILES string of the molecule is Cc1nonc1CC(=O)N1CCC(c2nc(N(C)C)ncc2-c2ccc(F)cc2)CC1. The van der Waals surface area contributed by atoms with Gasteiger partial charge in [-0.15, -0.1) is 0 Å². The first-order valence-electron chi connectivity index (χ1n) is 10.3. The normalized spacial score (nSPS) is 14.6. The molecule has 0 N–H and O–H groups in total. The third-order valence-electron chi connectivity index (χ3n) is 5.66. The van der Waals surface area contributed by atoms with E-state index in [4.69, 9.17) is 4.98 Å². The number of amides is 1. The Morgan fingerprint density at radius 2 is 1.90 bits per heavy atom. The summed E-state index contributed by atoms with van der Waals surface area (Å²) in [7, 11) is 3.80. The van der Waals surface area contributed by atoms with Crippen LogP contribution in [-0.4, -0.2) is 58.3 Å². The molecule has 9 heteroatoms. The summed E-state index contributed by atoms with van der Waals surface area (Å²) in [5, 5.41) is 7.54. The molecule has 0 radical (unpaired) electrons. The average molecular weight is 424 g/mol. The van der Waals surface area contributed by atoms with Gasteiger partial charge in [-0.05, 0) is 37.5 Å². The van der Waals surface area contributed by atoms with E-state index in [1.165, 1.54) is 12.1 Å². The molecule has 0 bridgehead atoms. The zero-order valence-electron chi connectivity index (χ0n) is 17.9. The fourth-order valence-electron chi connectivity index (χ4n) is 3.83. The number of piperidine rings is 1. The van der Waals surface area contributed by atoms with Crippen LogP contribution in [0.1, 0.15) is 35.8 Å². The van der Waals surface area contributed by atoms with Gasteiger partial charge >= 0.3 is 0 Å². The highest BCUT2D eigenvalue weighted by Gasteiger charge is 2.28. The standard InChI is InChI=1S/C22H25FN6O2/c1-14-19(27-31-26-14)12-20(30)29-10-8-16(9-11-29)21-18(13-24-22(25-21)28(2)3)15-4-6-17(23)7-5-15/h4-7,13,16H,8-12H2,1-3H3. The van der Waals surface area contributed by atoms with E-state index in [0.29, 0.717) is 30.4 Å². The van der Waals surface area contributed by atoms with Crippen molar-refractivity contribution >= 4 is 11.9 Å². The third kappa shape index (κ3) is 4.55. The highest BCUT2D eigenvalue weighted by molar-refractivity contribution is 5.78. The Hall–Kier alpha value is -3.36. The van der Waals surface area contributed by atoms with Gasteiger partial charge in [-0.25, -0.2) is 19.0 Å². The van der Waals surface area contributed by atoms with Crippen LogP contribution in [0.5, 0.6) is 0 Å². The van der Waals surface area contributed by atoms with Gasteiger partial charge in [0, 0.05) is 44.9 Å². The summed E-state index contributed by atoms with van der Waals surface area (Å²) in [6, 6.07) is 6.39. The van der Waals surface area contributed by atoms with Gasteiger partial charge in [0.1, 0.15) is 17.2 Å². The molecule has 0 atom stereocenters. The van der Waals surface area contributed by atoms with Crippen LogP contribution in [0, 0.1) is 12.7 Å². The molecule has 8 nitrogen and oxygen atoms in total. The fraction of sp³-hybridized carbons (Fsp3) is 0.409. The van der Waals surface area contributed by atoms with Crippen molar-refractivity contribution in [1.82, 2.24) is 25.2 Å². The number of hydrogen-bond acceptors (Lipinski definition) is 7. The Morgan fingerprint density at radius 3 is 2.52 bits per heavy atom. The zero-order valence-corrected chi connectivity index (χ0v) is 17.9. The van der Waals surface area contributed by atoms with Crippen molar-refractivity contribution in [2.75, 3.05) is 32.1 Å². The van der Waals surface area contributed by atoms with Crippen LogP contribution in [0.3, 0.4) is 0 Å². The molecule has 1 saturated heterocycles. The highest BCUT2D eigenvalue weighted by Crippen LogP contribution is 2.35. The van der Waals surface area contributed by atoms with E-state index in [1.54, 1.807) is 19.1 Å². The summed E-state index contributed by atoms with van der Waals surface area (Å²) in [5.41, 5.74) is 3.95. The van der Waals surface area contributed by atoms with Gasteiger partial charge in [0.25, 0.3) is 0 Å². The quantitative estimate of drug-likeness (QED) is 0.622. The maximum absolute atomic E-state index is 13.4. The summed E-state index contributed by atoms with van der Waals surface area (Å²) in [6.07, 6.45) is 3.58. The maximum Gasteiger partial charge on any atom is 0.228 e. The monoisotopic (exact) mass is 424 g/mol. The van der Waals surface area contributed by atoms with E-state index in [1.807, 2.05) is 30.1 Å². The number of benzene rings is 1. The van der Waals surface area contributed by atoms with Crippen molar-refractivity contribution in [3.8, 4) is 11.1 Å². The van der Waals surface area contributed by atoms with Gasteiger partial charge in [0.05, 0.1) is 12.1 Å². The molecule has 0 unspecified atom stereocenters. The van der Waals surface area contributed by atoms with Crippen LogP contribution in [0.2, 0.25) is 0 Å². The van der Waals surface area contributed by atoms with Crippen LogP contribution in [0.15, 0.2) is 35.1 Å². The van der Waals surface area contributed by atoms with E-state index < -0.39 is 0 Å². The van der Waals surface area contributed by atoms with Crippen molar-refractivity contribution in [2.24, 2.45) is 0 Å². The van der Waals surface area contributed by atoms with Crippen LogP contribution >= 0.6 is 0 Å². The van der Waals surface area contributed by atoms with Crippen LogP contribution < -0.4 is 4.90 Å². The number of likely N-dealkylation sites (tertiary alicyclic amines) is 1. The van der Waals surface area contributed by atoms with Crippen LogP contribution in [0.4, 0.5) is 10.3 Å². The number of hydrogen-bond donors (Lipinski definition) is 0. The second kappa shape index (κ2) is 8.79. The number of nitrogens with zero attached hydrogens (tertiary/aromatic N) is 6. The first kappa shape index (κ1) is 20.9. The topological polar surface area (TPSA) is 88.2 Å². The minimum Gasteiger partial charge on any atom is -0.347 e. The molecule has 0 saturated carbocycles. The lowest BCUT2D eigenvalue weighted by Gasteiger charge is -2.32. The summed E-state index contributed by atoms with van der Waals surface area (Å²) >= 11 is 0. The molecule has 1 aromatic carbocycles. The molecular weight excluding hydrogens is 399 g/mol. The third-order valence-corrected chi connectivity index (χ3v) is 5.66. The molecule has 0 spiro atoms. The first-order valence-corrected chi connectivity index (χ1v) is 10.3. The van der Waals surface area contributed by atoms with Crippen molar-refractivity contribution in [3.63, 3.8) is 0 Å². The van der Waals surface area contributed by atoms with Gasteiger partial charge in [0.2, 0.25) is 11.9 Å². The molecule has 3 heterocycles. The van der Waals surface area contributed by atoms with E-state index in [9.17, 15) is 9.18 Å². The van der Waals surface area contributed by atoms with E-state index in [-0.39, 0.29) is 24.1 Å². The molecule has 162 valence electrons. The van der Waals surface area contributed by atoms with Gasteiger partial charge in [-0.1, -0.05) is 22.4 Å². The minimum absolute atomic E-state index is 0.0210. The van der Waals surface area contributed by atoms with Gasteiger partial charge in [-0.2, -0.15) is 0 Å². The Kier molecular flexibility index (Phi) is 5.92. The first-order chi connectivity index (χ1) is 14.9. The predicted octanol–water partition coefficient (Wildman–Crippen LogP) is 2.99. The molecule has 0 aliphatic carbocycles. The summed E-state index contributed by atoms with van der Waals surface area (Å²) in [5.74, 6) is 0.558. The number of carbonyl (C=O) groups is 1. The number of rotatable bonds is 5. The van der Waals surface area contributed by atoms with Gasteiger partial charge < -0.3 is 9.80 Å². The lowest BCUT2D eigenvalue weighted by Crippen LogP contribution is -2.39. The summed E-state index contributed by atoms with van der Waals surface area (Å²) in [6.45, 7) is 3.05. The second-order valence-electron chi connectivity index (χ2n) is 8.00. The maximum atomic E-state index is 13.4.